The summed E-state index contributed by atoms with van der Waals surface area (Å²) < 4.78 is 6.28. The van der Waals surface area contributed by atoms with Crippen LogP contribution in [0.4, 0.5) is 5.69 Å². The number of aliphatic hydroxyl groups excluding tert-OH is 1. The maximum atomic E-state index is 9.91. The zero-order valence-corrected chi connectivity index (χ0v) is 14.1. The van der Waals surface area contributed by atoms with Gasteiger partial charge in [0, 0.05) is 21.7 Å². The summed E-state index contributed by atoms with van der Waals surface area (Å²) in [5, 5.41) is 14.3. The van der Waals surface area contributed by atoms with E-state index in [2.05, 4.69) is 21.2 Å². The number of benzene rings is 2. The molecule has 0 amide bonds. The first kappa shape index (κ1) is 16.4. The second-order valence-electron chi connectivity index (χ2n) is 4.43. The van der Waals surface area contributed by atoms with E-state index in [1.54, 1.807) is 30.3 Å². The molecule has 0 aliphatic heterocycles. The Balaban J connectivity index is 1.79. The second-order valence-corrected chi connectivity index (χ2v) is 6.13. The Morgan fingerprint density at radius 1 is 1.19 bits per heavy atom. The van der Waals surface area contributed by atoms with Crippen molar-refractivity contribution in [1.29, 1.82) is 0 Å². The van der Waals surface area contributed by atoms with Crippen LogP contribution in [0, 0.1) is 0 Å². The van der Waals surface area contributed by atoms with Crippen LogP contribution in [-0.2, 0) is 0 Å². The normalized spacial score (nSPS) is 12.0. The molecule has 1 atom stereocenters. The summed E-state index contributed by atoms with van der Waals surface area (Å²) in [6, 6.07) is 12.5. The van der Waals surface area contributed by atoms with E-state index in [0.717, 1.165) is 10.2 Å². The molecule has 2 aromatic rings. The molecule has 0 saturated heterocycles. The van der Waals surface area contributed by atoms with Gasteiger partial charge in [0.2, 0.25) is 0 Å². The maximum absolute atomic E-state index is 9.91. The Bertz CT molecular complexity index is 610. The van der Waals surface area contributed by atoms with E-state index in [4.69, 9.17) is 27.9 Å². The highest BCUT2D eigenvalue weighted by Crippen LogP contribution is 2.25. The zero-order chi connectivity index (χ0) is 15.2. The fourth-order valence-corrected chi connectivity index (χ4v) is 2.33. The summed E-state index contributed by atoms with van der Waals surface area (Å²) >= 11 is 15.1. The van der Waals surface area contributed by atoms with Crippen LogP contribution in [0.5, 0.6) is 5.75 Å². The van der Waals surface area contributed by atoms with E-state index >= 15 is 0 Å². The summed E-state index contributed by atoms with van der Waals surface area (Å²) in [4.78, 5) is 0. The lowest BCUT2D eigenvalue weighted by molar-refractivity contribution is 0.117. The van der Waals surface area contributed by atoms with Crippen molar-refractivity contribution in [2.24, 2.45) is 0 Å². The summed E-state index contributed by atoms with van der Waals surface area (Å²) in [5.74, 6) is 0.635. The smallest absolute Gasteiger partial charge is 0.120 e. The third-order valence-electron chi connectivity index (χ3n) is 2.70. The standard InChI is InChI=1S/C15H14BrCl2NO2/c16-14-7-11(4-5-15(14)18)19-8-12(20)9-21-13-3-1-2-10(17)6-13/h1-7,12,19-20H,8-9H2. The van der Waals surface area contributed by atoms with Gasteiger partial charge in [0.1, 0.15) is 18.5 Å². The molecule has 0 fully saturated rings. The largest absolute Gasteiger partial charge is 0.491 e. The molecule has 112 valence electrons. The van der Waals surface area contributed by atoms with Gasteiger partial charge in [-0.15, -0.1) is 0 Å². The van der Waals surface area contributed by atoms with E-state index in [-0.39, 0.29) is 6.61 Å². The van der Waals surface area contributed by atoms with Crippen LogP contribution in [0.15, 0.2) is 46.9 Å². The molecule has 0 radical (unpaired) electrons. The van der Waals surface area contributed by atoms with Crippen molar-refractivity contribution in [3.05, 3.63) is 57.0 Å². The van der Waals surface area contributed by atoms with Crippen LogP contribution in [0.2, 0.25) is 10.0 Å². The molecule has 0 aromatic heterocycles. The molecule has 2 aromatic carbocycles. The van der Waals surface area contributed by atoms with Crippen LogP contribution >= 0.6 is 39.1 Å². The zero-order valence-electron chi connectivity index (χ0n) is 11.0. The topological polar surface area (TPSA) is 41.5 Å². The second kappa shape index (κ2) is 7.90. The molecule has 1 unspecified atom stereocenters. The van der Waals surface area contributed by atoms with Gasteiger partial charge in [0.25, 0.3) is 0 Å². The van der Waals surface area contributed by atoms with Crippen LogP contribution < -0.4 is 10.1 Å². The van der Waals surface area contributed by atoms with Crippen LogP contribution in [0.25, 0.3) is 0 Å². The number of ether oxygens (including phenoxy) is 1. The highest BCUT2D eigenvalue weighted by Gasteiger charge is 2.06. The molecule has 2 N–H and O–H groups in total. The minimum absolute atomic E-state index is 0.183. The molecule has 3 nitrogen and oxygen atoms in total. The Kier molecular flexibility index (Phi) is 6.18. The Morgan fingerprint density at radius 2 is 2.00 bits per heavy atom. The molecule has 21 heavy (non-hydrogen) atoms. The lowest BCUT2D eigenvalue weighted by Crippen LogP contribution is -2.26. The minimum atomic E-state index is -0.640. The van der Waals surface area contributed by atoms with Gasteiger partial charge in [0.15, 0.2) is 0 Å². The number of rotatable bonds is 6. The predicted octanol–water partition coefficient (Wildman–Crippen LogP) is 4.61. The summed E-state index contributed by atoms with van der Waals surface area (Å²) in [7, 11) is 0. The average Bonchev–Trinajstić information content (AvgIpc) is 2.46. The van der Waals surface area contributed by atoms with Crippen LogP contribution in [0.1, 0.15) is 0 Å². The number of aliphatic hydroxyl groups is 1. The van der Waals surface area contributed by atoms with E-state index in [9.17, 15) is 5.11 Å². The van der Waals surface area contributed by atoms with E-state index in [0.29, 0.717) is 22.3 Å². The van der Waals surface area contributed by atoms with Crippen molar-refractivity contribution in [3.63, 3.8) is 0 Å². The molecule has 0 saturated carbocycles. The van der Waals surface area contributed by atoms with Gasteiger partial charge in [-0.3, -0.25) is 0 Å². The lowest BCUT2D eigenvalue weighted by Gasteiger charge is -2.14. The fourth-order valence-electron chi connectivity index (χ4n) is 1.65. The van der Waals surface area contributed by atoms with E-state index < -0.39 is 6.10 Å². The van der Waals surface area contributed by atoms with Crippen molar-refractivity contribution >= 4 is 44.8 Å². The third-order valence-corrected chi connectivity index (χ3v) is 4.15. The van der Waals surface area contributed by atoms with Crippen molar-refractivity contribution in [2.45, 2.75) is 6.10 Å². The first-order chi connectivity index (χ1) is 10.0. The fraction of sp³-hybridized carbons (Fsp3) is 0.200. The highest BCUT2D eigenvalue weighted by molar-refractivity contribution is 9.10. The minimum Gasteiger partial charge on any atom is -0.491 e. The van der Waals surface area contributed by atoms with Gasteiger partial charge in [-0.05, 0) is 52.3 Å². The number of nitrogens with one attached hydrogen (secondary N) is 1. The van der Waals surface area contributed by atoms with Crippen molar-refractivity contribution in [3.8, 4) is 5.75 Å². The Labute approximate surface area is 142 Å². The van der Waals surface area contributed by atoms with Gasteiger partial charge in [-0.2, -0.15) is 0 Å². The summed E-state index contributed by atoms with van der Waals surface area (Å²) in [5.41, 5.74) is 0.869. The lowest BCUT2D eigenvalue weighted by atomic mass is 10.3. The summed E-state index contributed by atoms with van der Waals surface area (Å²) in [6.45, 7) is 0.552. The van der Waals surface area contributed by atoms with Crippen molar-refractivity contribution in [1.82, 2.24) is 0 Å². The van der Waals surface area contributed by atoms with Crippen molar-refractivity contribution in [2.75, 3.05) is 18.5 Å². The monoisotopic (exact) mass is 389 g/mol. The number of anilines is 1. The number of halogens is 3. The average molecular weight is 391 g/mol. The number of hydrogen-bond donors (Lipinski definition) is 2. The first-order valence-corrected chi connectivity index (χ1v) is 7.85. The molecule has 0 spiro atoms. The van der Waals surface area contributed by atoms with Gasteiger partial charge in [-0.25, -0.2) is 0 Å². The Hall–Kier alpha value is -0.940. The first-order valence-electron chi connectivity index (χ1n) is 6.30. The van der Waals surface area contributed by atoms with E-state index in [1.165, 1.54) is 0 Å². The molecule has 0 bridgehead atoms. The molecule has 6 heteroatoms. The molecule has 0 aliphatic carbocycles. The quantitative estimate of drug-likeness (QED) is 0.756. The van der Waals surface area contributed by atoms with Gasteiger partial charge in [-0.1, -0.05) is 29.3 Å². The van der Waals surface area contributed by atoms with Crippen LogP contribution in [0.3, 0.4) is 0 Å². The molecular formula is C15H14BrCl2NO2. The molecule has 2 rings (SSSR count). The van der Waals surface area contributed by atoms with Crippen LogP contribution in [-0.4, -0.2) is 24.4 Å². The van der Waals surface area contributed by atoms with Crippen molar-refractivity contribution < 1.29 is 9.84 Å². The highest BCUT2D eigenvalue weighted by atomic mass is 79.9. The predicted molar refractivity (Wildman–Crippen MR) is 90.6 cm³/mol. The Morgan fingerprint density at radius 3 is 2.71 bits per heavy atom. The van der Waals surface area contributed by atoms with Gasteiger partial charge in [0.05, 0.1) is 5.02 Å². The summed E-state index contributed by atoms with van der Waals surface area (Å²) in [6.07, 6.45) is -0.640. The maximum Gasteiger partial charge on any atom is 0.120 e. The van der Waals surface area contributed by atoms with E-state index in [1.807, 2.05) is 12.1 Å². The van der Waals surface area contributed by atoms with Gasteiger partial charge >= 0.3 is 0 Å². The number of hydrogen-bond acceptors (Lipinski definition) is 3. The molecule has 0 aliphatic rings. The third kappa shape index (κ3) is 5.40. The van der Waals surface area contributed by atoms with Gasteiger partial charge < -0.3 is 15.2 Å². The molecule has 0 heterocycles. The molecular weight excluding hydrogens is 377 g/mol. The SMILES string of the molecule is OC(CNc1ccc(Cl)c(Br)c1)COc1cccc(Cl)c1.